The quantitative estimate of drug-likeness (QED) is 0.646. The Bertz CT molecular complexity index is 630. The fourth-order valence-electron chi connectivity index (χ4n) is 2.30. The number of nitrogens with zero attached hydrogens (tertiary/aromatic N) is 1. The van der Waals surface area contributed by atoms with Crippen molar-refractivity contribution in [3.8, 4) is 22.5 Å². The van der Waals surface area contributed by atoms with Gasteiger partial charge >= 0.3 is 0 Å². The fraction of sp³-hybridized carbons (Fsp3) is 0.105. The van der Waals surface area contributed by atoms with Crippen LogP contribution in [-0.4, -0.2) is 4.98 Å². The summed E-state index contributed by atoms with van der Waals surface area (Å²) in [5.74, 6) is 0. The lowest BCUT2D eigenvalue weighted by atomic mass is 10.0. The number of hydrogen-bond acceptors (Lipinski definition) is 1. The summed E-state index contributed by atoms with van der Waals surface area (Å²) in [5, 5.41) is 0. The molecule has 1 aromatic heterocycles. The highest BCUT2D eigenvalue weighted by molar-refractivity contribution is 5.67. The molecule has 0 amide bonds. The zero-order valence-electron chi connectivity index (χ0n) is 11.6. The van der Waals surface area contributed by atoms with Crippen LogP contribution in [0.25, 0.3) is 22.5 Å². The van der Waals surface area contributed by atoms with Crippen LogP contribution in [0.2, 0.25) is 0 Å². The third-order valence-corrected chi connectivity index (χ3v) is 3.43. The van der Waals surface area contributed by atoms with Crippen LogP contribution in [0.5, 0.6) is 0 Å². The third kappa shape index (κ3) is 2.62. The van der Waals surface area contributed by atoms with E-state index in [0.29, 0.717) is 0 Å². The second kappa shape index (κ2) is 5.70. The predicted octanol–water partition coefficient (Wildman–Crippen LogP) is 4.98. The SMILES string of the molecule is CCc1cc(-c2ccccc2)nc(-c2ccccc2)c1. The molecule has 0 aliphatic heterocycles. The van der Waals surface area contributed by atoms with Crippen LogP contribution in [-0.2, 0) is 6.42 Å². The van der Waals surface area contributed by atoms with Crippen molar-refractivity contribution in [3.05, 3.63) is 78.4 Å². The minimum absolute atomic E-state index is 1.02. The van der Waals surface area contributed by atoms with Gasteiger partial charge in [0.2, 0.25) is 0 Å². The number of benzene rings is 2. The number of aromatic nitrogens is 1. The Kier molecular flexibility index (Phi) is 3.60. The molecule has 0 unspecified atom stereocenters. The molecule has 0 aliphatic rings. The molecule has 1 nitrogen and oxygen atoms in total. The Morgan fingerprint density at radius 1 is 0.700 bits per heavy atom. The first-order valence-electron chi connectivity index (χ1n) is 6.98. The lowest BCUT2D eigenvalue weighted by Crippen LogP contribution is -1.92. The van der Waals surface area contributed by atoms with Gasteiger partial charge in [-0.05, 0) is 24.1 Å². The van der Waals surface area contributed by atoms with E-state index >= 15 is 0 Å². The van der Waals surface area contributed by atoms with Gasteiger partial charge in [-0.1, -0.05) is 67.6 Å². The molecule has 3 aromatic rings. The van der Waals surface area contributed by atoms with Crippen LogP contribution in [0.3, 0.4) is 0 Å². The van der Waals surface area contributed by atoms with Crippen molar-refractivity contribution in [2.24, 2.45) is 0 Å². The Balaban J connectivity index is 2.13. The van der Waals surface area contributed by atoms with Gasteiger partial charge in [0.25, 0.3) is 0 Å². The van der Waals surface area contributed by atoms with E-state index in [1.54, 1.807) is 0 Å². The third-order valence-electron chi connectivity index (χ3n) is 3.43. The topological polar surface area (TPSA) is 12.9 Å². The second-order valence-electron chi connectivity index (χ2n) is 4.83. The van der Waals surface area contributed by atoms with Crippen LogP contribution in [0.1, 0.15) is 12.5 Å². The summed E-state index contributed by atoms with van der Waals surface area (Å²) in [4.78, 5) is 4.82. The van der Waals surface area contributed by atoms with Crippen molar-refractivity contribution in [2.75, 3.05) is 0 Å². The maximum absolute atomic E-state index is 4.82. The first kappa shape index (κ1) is 12.6. The molecule has 0 spiro atoms. The maximum atomic E-state index is 4.82. The molecule has 0 radical (unpaired) electrons. The van der Waals surface area contributed by atoms with Crippen molar-refractivity contribution in [2.45, 2.75) is 13.3 Å². The lowest BCUT2D eigenvalue weighted by molar-refractivity contribution is 1.12. The van der Waals surface area contributed by atoms with Crippen LogP contribution in [0.4, 0.5) is 0 Å². The van der Waals surface area contributed by atoms with Crippen molar-refractivity contribution in [1.29, 1.82) is 0 Å². The van der Waals surface area contributed by atoms with Gasteiger partial charge in [-0.3, -0.25) is 0 Å². The minimum atomic E-state index is 1.02. The maximum Gasteiger partial charge on any atom is 0.0712 e. The van der Waals surface area contributed by atoms with Crippen molar-refractivity contribution in [3.63, 3.8) is 0 Å². The molecule has 20 heavy (non-hydrogen) atoms. The van der Waals surface area contributed by atoms with Crippen LogP contribution < -0.4 is 0 Å². The molecule has 0 fully saturated rings. The van der Waals surface area contributed by atoms with Gasteiger partial charge in [-0.2, -0.15) is 0 Å². The van der Waals surface area contributed by atoms with Gasteiger partial charge in [0.15, 0.2) is 0 Å². The minimum Gasteiger partial charge on any atom is -0.248 e. The van der Waals surface area contributed by atoms with E-state index < -0.39 is 0 Å². The van der Waals surface area contributed by atoms with E-state index in [1.807, 2.05) is 12.1 Å². The summed E-state index contributed by atoms with van der Waals surface area (Å²) < 4.78 is 0. The second-order valence-corrected chi connectivity index (χ2v) is 4.83. The molecule has 0 saturated heterocycles. The molecule has 0 atom stereocenters. The summed E-state index contributed by atoms with van der Waals surface area (Å²) in [6.07, 6.45) is 1.02. The molecule has 0 aliphatic carbocycles. The molecular weight excluding hydrogens is 242 g/mol. The molecule has 0 N–H and O–H groups in total. The summed E-state index contributed by atoms with van der Waals surface area (Å²) in [5.41, 5.74) is 5.74. The van der Waals surface area contributed by atoms with Gasteiger partial charge in [-0.15, -0.1) is 0 Å². The number of rotatable bonds is 3. The van der Waals surface area contributed by atoms with Gasteiger partial charge in [0.05, 0.1) is 11.4 Å². The number of pyridine rings is 1. The summed E-state index contributed by atoms with van der Waals surface area (Å²) in [6.45, 7) is 2.18. The fourth-order valence-corrected chi connectivity index (χ4v) is 2.30. The highest BCUT2D eigenvalue weighted by Gasteiger charge is 2.05. The Morgan fingerprint density at radius 3 is 1.55 bits per heavy atom. The molecule has 98 valence electrons. The van der Waals surface area contributed by atoms with E-state index in [2.05, 4.69) is 67.6 Å². The summed E-state index contributed by atoms with van der Waals surface area (Å²) in [7, 11) is 0. The summed E-state index contributed by atoms with van der Waals surface area (Å²) >= 11 is 0. The molecule has 2 aromatic carbocycles. The molecule has 1 heterocycles. The molecular formula is C19H17N. The van der Waals surface area contributed by atoms with E-state index in [1.165, 1.54) is 16.7 Å². The number of aryl methyl sites for hydroxylation is 1. The van der Waals surface area contributed by atoms with Gasteiger partial charge in [-0.25, -0.2) is 4.98 Å². The highest BCUT2D eigenvalue weighted by Crippen LogP contribution is 2.24. The smallest absolute Gasteiger partial charge is 0.0712 e. The van der Waals surface area contributed by atoms with E-state index in [4.69, 9.17) is 4.98 Å². The molecule has 1 heteroatoms. The molecule has 3 rings (SSSR count). The monoisotopic (exact) mass is 259 g/mol. The van der Waals surface area contributed by atoms with Crippen LogP contribution in [0, 0.1) is 0 Å². The zero-order valence-corrected chi connectivity index (χ0v) is 11.6. The predicted molar refractivity (Wildman–Crippen MR) is 84.5 cm³/mol. The average Bonchev–Trinajstić information content (AvgIpc) is 2.56. The van der Waals surface area contributed by atoms with E-state index in [0.717, 1.165) is 17.8 Å². The average molecular weight is 259 g/mol. The number of hydrogen-bond donors (Lipinski definition) is 0. The first-order chi connectivity index (χ1) is 9.86. The van der Waals surface area contributed by atoms with Crippen molar-refractivity contribution in [1.82, 2.24) is 4.98 Å². The standard InChI is InChI=1S/C19H17N/c1-2-15-13-18(16-9-5-3-6-10-16)20-19(14-15)17-11-7-4-8-12-17/h3-14H,2H2,1H3. The van der Waals surface area contributed by atoms with Crippen LogP contribution >= 0.6 is 0 Å². The zero-order chi connectivity index (χ0) is 13.8. The lowest BCUT2D eigenvalue weighted by Gasteiger charge is -2.08. The Morgan fingerprint density at radius 2 is 1.15 bits per heavy atom. The highest BCUT2D eigenvalue weighted by atomic mass is 14.7. The summed E-state index contributed by atoms with van der Waals surface area (Å²) in [6, 6.07) is 25.1. The van der Waals surface area contributed by atoms with Gasteiger partial charge < -0.3 is 0 Å². The largest absolute Gasteiger partial charge is 0.248 e. The van der Waals surface area contributed by atoms with E-state index in [9.17, 15) is 0 Å². The van der Waals surface area contributed by atoms with Gasteiger partial charge in [0.1, 0.15) is 0 Å². The van der Waals surface area contributed by atoms with Crippen molar-refractivity contribution < 1.29 is 0 Å². The van der Waals surface area contributed by atoms with Crippen LogP contribution in [0.15, 0.2) is 72.8 Å². The Labute approximate surface area is 119 Å². The van der Waals surface area contributed by atoms with E-state index in [-0.39, 0.29) is 0 Å². The first-order valence-corrected chi connectivity index (χ1v) is 6.98. The normalized spacial score (nSPS) is 10.4. The molecule has 0 bridgehead atoms. The van der Waals surface area contributed by atoms with Crippen molar-refractivity contribution >= 4 is 0 Å². The Hall–Kier alpha value is -2.41. The molecule has 0 saturated carbocycles. The van der Waals surface area contributed by atoms with Gasteiger partial charge in [0, 0.05) is 11.1 Å².